The highest BCUT2D eigenvalue weighted by Gasteiger charge is 2.49. The van der Waals surface area contributed by atoms with Crippen molar-refractivity contribution in [3.63, 3.8) is 0 Å². The zero-order valence-electron chi connectivity index (χ0n) is 17.0. The van der Waals surface area contributed by atoms with Gasteiger partial charge in [0, 0.05) is 25.2 Å². The average molecular weight is 403 g/mol. The van der Waals surface area contributed by atoms with Gasteiger partial charge in [0.25, 0.3) is 0 Å². The molecule has 0 amide bonds. The SMILES string of the molecule is CCC1CCC(O)[C@@H]2C(O)[C@@H](O)CN12.CC[C@H]1CC[C@@H](O)[C@@H]2[C@H](O)[C@H](O)CN12. The van der Waals surface area contributed by atoms with Crippen LogP contribution in [0.1, 0.15) is 52.4 Å². The van der Waals surface area contributed by atoms with E-state index >= 15 is 0 Å². The molecule has 3 unspecified atom stereocenters. The second-order valence-corrected chi connectivity index (χ2v) is 8.90. The van der Waals surface area contributed by atoms with Crippen molar-refractivity contribution < 1.29 is 30.6 Å². The number of nitrogens with zero attached hydrogens (tertiary/aromatic N) is 2. The first-order chi connectivity index (χ1) is 13.3. The number of aliphatic hydroxyl groups excluding tert-OH is 6. The number of aliphatic hydroxyl groups is 6. The minimum atomic E-state index is -0.778. The molecule has 0 aromatic heterocycles. The van der Waals surface area contributed by atoms with Gasteiger partial charge in [0.15, 0.2) is 0 Å². The molecule has 6 N–H and O–H groups in total. The molecule has 0 spiro atoms. The second kappa shape index (κ2) is 9.22. The van der Waals surface area contributed by atoms with E-state index in [0.29, 0.717) is 25.2 Å². The van der Waals surface area contributed by atoms with Gasteiger partial charge in [0.2, 0.25) is 0 Å². The maximum atomic E-state index is 9.77. The van der Waals surface area contributed by atoms with Crippen LogP contribution in [-0.4, -0.2) is 114 Å². The first kappa shape index (κ1) is 22.4. The maximum Gasteiger partial charge on any atom is 0.0991 e. The molecule has 4 aliphatic rings. The predicted molar refractivity (Wildman–Crippen MR) is 104 cm³/mol. The summed E-state index contributed by atoms with van der Waals surface area (Å²) in [5, 5.41) is 58.1. The summed E-state index contributed by atoms with van der Waals surface area (Å²) in [5.41, 5.74) is 0. The van der Waals surface area contributed by atoms with Crippen LogP contribution in [0.3, 0.4) is 0 Å². The summed E-state index contributed by atoms with van der Waals surface area (Å²) >= 11 is 0. The van der Waals surface area contributed by atoms with Crippen molar-refractivity contribution >= 4 is 0 Å². The molecule has 4 fully saturated rings. The summed E-state index contributed by atoms with van der Waals surface area (Å²) in [7, 11) is 0. The minimum absolute atomic E-state index is 0.247. The lowest BCUT2D eigenvalue weighted by Crippen LogP contribution is -2.53. The highest BCUT2D eigenvalue weighted by Crippen LogP contribution is 2.34. The standard InChI is InChI=1S/2C10H19NO3/c2*1-2-6-3-4-7(12)9-10(14)8(13)5-11(6)9/h2*6-10,12-14H,2-5H2,1H3/t6?,7?,8-,9+,10?;6-,7+,8+,9+,10+/m00/s1. The molecule has 0 saturated carbocycles. The molecule has 0 aromatic rings. The van der Waals surface area contributed by atoms with E-state index in [9.17, 15) is 30.6 Å². The van der Waals surface area contributed by atoms with Crippen molar-refractivity contribution in [1.29, 1.82) is 0 Å². The molecule has 8 nitrogen and oxygen atoms in total. The van der Waals surface area contributed by atoms with E-state index in [1.54, 1.807) is 0 Å². The van der Waals surface area contributed by atoms with E-state index in [1.807, 2.05) is 0 Å². The normalized spacial score (nSPS) is 49.3. The van der Waals surface area contributed by atoms with Crippen LogP contribution < -0.4 is 0 Å². The van der Waals surface area contributed by atoms with Crippen LogP contribution in [-0.2, 0) is 0 Å². The Morgan fingerprint density at radius 2 is 0.929 bits per heavy atom. The van der Waals surface area contributed by atoms with Gasteiger partial charge >= 0.3 is 0 Å². The van der Waals surface area contributed by atoms with Crippen molar-refractivity contribution in [2.24, 2.45) is 0 Å². The van der Waals surface area contributed by atoms with Gasteiger partial charge in [0.05, 0.1) is 48.7 Å². The minimum Gasteiger partial charge on any atom is -0.391 e. The summed E-state index contributed by atoms with van der Waals surface area (Å²) < 4.78 is 0. The maximum absolute atomic E-state index is 9.77. The summed E-state index contributed by atoms with van der Waals surface area (Å²) in [6, 6.07) is 0.331. The zero-order chi connectivity index (χ0) is 20.6. The third-order valence-electron chi connectivity index (χ3n) is 7.31. The summed E-state index contributed by atoms with van der Waals surface area (Å²) in [6.07, 6.45) is 1.54. The predicted octanol–water partition coefficient (Wildman–Crippen LogP) is -1.35. The van der Waals surface area contributed by atoms with Crippen molar-refractivity contribution in [1.82, 2.24) is 9.80 Å². The first-order valence-corrected chi connectivity index (χ1v) is 10.9. The van der Waals surface area contributed by atoms with Crippen LogP contribution in [0.15, 0.2) is 0 Å². The van der Waals surface area contributed by atoms with E-state index in [1.165, 1.54) is 0 Å². The highest BCUT2D eigenvalue weighted by atomic mass is 16.3. The molecular weight excluding hydrogens is 364 g/mol. The van der Waals surface area contributed by atoms with Gasteiger partial charge in [-0.2, -0.15) is 0 Å². The van der Waals surface area contributed by atoms with E-state index < -0.39 is 36.6 Å². The van der Waals surface area contributed by atoms with Crippen molar-refractivity contribution in [2.75, 3.05) is 13.1 Å². The molecule has 10 atom stereocenters. The number of piperidine rings is 2. The largest absolute Gasteiger partial charge is 0.391 e. The van der Waals surface area contributed by atoms with Gasteiger partial charge in [-0.1, -0.05) is 13.8 Å². The fraction of sp³-hybridized carbons (Fsp3) is 1.00. The molecule has 4 rings (SSSR count). The summed E-state index contributed by atoms with van der Waals surface area (Å²) in [5.74, 6) is 0. The molecular formula is C20H38N2O6. The fourth-order valence-electron chi connectivity index (χ4n) is 5.70. The monoisotopic (exact) mass is 402 g/mol. The Bertz CT molecular complexity index is 467. The number of rotatable bonds is 2. The third-order valence-corrected chi connectivity index (χ3v) is 7.31. The lowest BCUT2D eigenvalue weighted by Gasteiger charge is -2.40. The van der Waals surface area contributed by atoms with Crippen molar-refractivity contribution in [3.05, 3.63) is 0 Å². The van der Waals surface area contributed by atoms with Crippen LogP contribution in [0.25, 0.3) is 0 Å². The second-order valence-electron chi connectivity index (χ2n) is 8.90. The lowest BCUT2D eigenvalue weighted by atomic mass is 9.91. The van der Waals surface area contributed by atoms with E-state index in [4.69, 9.17) is 0 Å². The van der Waals surface area contributed by atoms with Crippen molar-refractivity contribution in [3.8, 4) is 0 Å². The van der Waals surface area contributed by atoms with Crippen LogP contribution in [0.2, 0.25) is 0 Å². The Balaban J connectivity index is 0.000000161. The van der Waals surface area contributed by atoms with Crippen LogP contribution >= 0.6 is 0 Å². The Morgan fingerprint density at radius 1 is 0.571 bits per heavy atom. The summed E-state index contributed by atoms with van der Waals surface area (Å²) in [6.45, 7) is 5.22. The van der Waals surface area contributed by atoms with E-state index in [0.717, 1.165) is 38.5 Å². The topological polar surface area (TPSA) is 128 Å². The average Bonchev–Trinajstić information content (AvgIpc) is 3.14. The van der Waals surface area contributed by atoms with Crippen LogP contribution in [0.4, 0.5) is 0 Å². The number of hydrogen-bond acceptors (Lipinski definition) is 8. The van der Waals surface area contributed by atoms with Gasteiger partial charge in [-0.15, -0.1) is 0 Å². The van der Waals surface area contributed by atoms with Gasteiger partial charge in [-0.25, -0.2) is 0 Å². The Hall–Kier alpha value is -0.320. The quantitative estimate of drug-likeness (QED) is 0.335. The third kappa shape index (κ3) is 4.11. The van der Waals surface area contributed by atoms with Gasteiger partial charge < -0.3 is 30.6 Å². The lowest BCUT2D eigenvalue weighted by molar-refractivity contribution is -0.0458. The van der Waals surface area contributed by atoms with Gasteiger partial charge in [0.1, 0.15) is 0 Å². The molecule has 0 bridgehead atoms. The van der Waals surface area contributed by atoms with Gasteiger partial charge in [-0.05, 0) is 38.5 Å². The zero-order valence-corrected chi connectivity index (χ0v) is 17.0. The fourth-order valence-corrected chi connectivity index (χ4v) is 5.70. The molecule has 4 aliphatic heterocycles. The smallest absolute Gasteiger partial charge is 0.0991 e. The molecule has 0 aromatic carbocycles. The van der Waals surface area contributed by atoms with Crippen LogP contribution in [0.5, 0.6) is 0 Å². The van der Waals surface area contributed by atoms with Crippen LogP contribution in [0, 0.1) is 0 Å². The Labute approximate surface area is 167 Å². The molecule has 4 heterocycles. The van der Waals surface area contributed by atoms with E-state index in [-0.39, 0.29) is 12.1 Å². The molecule has 164 valence electrons. The van der Waals surface area contributed by atoms with Gasteiger partial charge in [-0.3, -0.25) is 9.80 Å². The molecule has 28 heavy (non-hydrogen) atoms. The Kier molecular flexibility index (Phi) is 7.37. The molecule has 8 heteroatoms. The molecule has 4 saturated heterocycles. The molecule has 0 radical (unpaired) electrons. The first-order valence-electron chi connectivity index (χ1n) is 10.9. The summed E-state index contributed by atoms with van der Waals surface area (Å²) in [4.78, 5) is 4.15. The van der Waals surface area contributed by atoms with E-state index in [2.05, 4.69) is 23.6 Å². The van der Waals surface area contributed by atoms with Crippen molar-refractivity contribution in [2.45, 2.75) is 113 Å². The Morgan fingerprint density at radius 3 is 1.25 bits per heavy atom. The number of fused-ring (bicyclic) bond motifs is 2. The molecule has 0 aliphatic carbocycles. The number of hydrogen-bond donors (Lipinski definition) is 6. The highest BCUT2D eigenvalue weighted by molar-refractivity contribution is 5.03.